The maximum Gasteiger partial charge on any atom is 0.397 e. The predicted octanol–water partition coefficient (Wildman–Crippen LogP) is 12.5. The number of benzene rings is 4. The third kappa shape index (κ3) is 18.7. The highest BCUT2D eigenvalue weighted by atomic mass is 19.4. The van der Waals surface area contributed by atoms with E-state index in [4.69, 9.17) is 18.9 Å². The molecule has 18 heteroatoms. The van der Waals surface area contributed by atoms with Gasteiger partial charge in [-0.2, -0.15) is 26.3 Å². The fourth-order valence-corrected chi connectivity index (χ4v) is 10.3. The molecule has 2 fully saturated rings. The Balaban J connectivity index is 0.000000241. The number of carbonyl (C=O) groups excluding carboxylic acids is 2. The molecule has 2 aliphatic heterocycles. The van der Waals surface area contributed by atoms with Crippen molar-refractivity contribution in [1.82, 2.24) is 29.6 Å². The van der Waals surface area contributed by atoms with E-state index in [1.165, 1.54) is 27.7 Å². The first-order valence-corrected chi connectivity index (χ1v) is 28.8. The lowest BCUT2D eigenvalue weighted by Gasteiger charge is -2.41. The van der Waals surface area contributed by atoms with Crippen LogP contribution in [0.15, 0.2) is 146 Å². The fraction of sp³-hybridized carbons (Fsp3) is 0.455. The van der Waals surface area contributed by atoms with E-state index in [1.54, 1.807) is 73.3 Å². The van der Waals surface area contributed by atoms with Crippen molar-refractivity contribution in [1.29, 1.82) is 0 Å². The summed E-state index contributed by atoms with van der Waals surface area (Å²) in [5.41, 5.74) is 4.88. The number of halogens is 6. The zero-order chi connectivity index (χ0) is 60.3. The Hall–Kier alpha value is -6.54. The topological polar surface area (TPSA) is 110 Å². The molecule has 0 bridgehead atoms. The minimum atomic E-state index is -4.32. The lowest BCUT2D eigenvalue weighted by Crippen LogP contribution is -2.53. The van der Waals surface area contributed by atoms with Crippen LogP contribution >= 0.6 is 0 Å². The van der Waals surface area contributed by atoms with Crippen LogP contribution in [0.4, 0.5) is 26.3 Å². The molecule has 2 aliphatic rings. The molecule has 4 aromatic carbocycles. The van der Waals surface area contributed by atoms with Gasteiger partial charge in [0.25, 0.3) is 0 Å². The summed E-state index contributed by atoms with van der Waals surface area (Å²) in [6.07, 6.45) is -0.906. The van der Waals surface area contributed by atoms with Gasteiger partial charge in [0.05, 0.1) is 36.9 Å². The van der Waals surface area contributed by atoms with Crippen molar-refractivity contribution in [3.63, 3.8) is 0 Å². The fourth-order valence-electron chi connectivity index (χ4n) is 10.3. The van der Waals surface area contributed by atoms with Crippen LogP contribution in [-0.4, -0.2) is 145 Å². The Morgan fingerprint density at radius 2 is 0.750 bits per heavy atom. The van der Waals surface area contributed by atoms with Crippen LogP contribution in [0, 0.1) is 0 Å². The molecule has 0 radical (unpaired) electrons. The maximum atomic E-state index is 13.4. The predicted molar refractivity (Wildman–Crippen MR) is 313 cm³/mol. The molecule has 84 heavy (non-hydrogen) atoms. The van der Waals surface area contributed by atoms with Crippen LogP contribution in [-0.2, 0) is 65.5 Å². The zero-order valence-electron chi connectivity index (χ0n) is 49.1. The van der Waals surface area contributed by atoms with Gasteiger partial charge in [-0.25, -0.2) is 0 Å². The summed E-state index contributed by atoms with van der Waals surface area (Å²) in [5.74, 6) is -0.453. The molecule has 0 saturated carbocycles. The smallest absolute Gasteiger partial charge is 0.397 e. The summed E-state index contributed by atoms with van der Waals surface area (Å²) in [7, 11) is 0. The molecule has 0 N–H and O–H groups in total. The summed E-state index contributed by atoms with van der Waals surface area (Å²) in [6.45, 7) is 18.8. The summed E-state index contributed by atoms with van der Waals surface area (Å²) in [6, 6.07) is 37.5. The Bertz CT molecular complexity index is 2730. The lowest BCUT2D eigenvalue weighted by molar-refractivity contribution is -0.180. The highest BCUT2D eigenvalue weighted by molar-refractivity contribution is 5.71. The SMILES string of the molecule is CCOCCOC(=O)C[C@@H]1CN(Cc2ccc(-c3ccc(C(C)(C)C(F)(F)F)cc3)cc2)CCN1Cc1ccncc1.CCOCCOC(=O)C[C@H]1CN(Cc2ccc(-c3ccc(C(C)(C)C(F)(F)F)cc3)cc2)CCN1Cc1ccncc1. The van der Waals surface area contributed by atoms with E-state index in [-0.39, 0.29) is 48.4 Å². The van der Waals surface area contributed by atoms with E-state index in [9.17, 15) is 35.9 Å². The number of ether oxygens (including phenoxy) is 4. The Morgan fingerprint density at radius 3 is 1.06 bits per heavy atom. The molecule has 6 aromatic rings. The maximum absolute atomic E-state index is 13.4. The molecule has 0 amide bonds. The van der Waals surface area contributed by atoms with E-state index >= 15 is 0 Å². The number of aromatic nitrogens is 2. The van der Waals surface area contributed by atoms with Gasteiger partial charge < -0.3 is 18.9 Å². The molecule has 0 unspecified atom stereocenters. The van der Waals surface area contributed by atoms with E-state index in [0.29, 0.717) is 39.3 Å². The van der Waals surface area contributed by atoms with Gasteiger partial charge in [-0.3, -0.25) is 39.2 Å². The van der Waals surface area contributed by atoms with Crippen LogP contribution in [0.3, 0.4) is 0 Å². The van der Waals surface area contributed by atoms with Crippen LogP contribution in [0.2, 0.25) is 0 Å². The Morgan fingerprint density at radius 1 is 0.440 bits per heavy atom. The monoisotopic (exact) mass is 1170 g/mol. The van der Waals surface area contributed by atoms with Gasteiger partial charge in [-0.05, 0) is 121 Å². The van der Waals surface area contributed by atoms with Gasteiger partial charge in [0.1, 0.15) is 13.2 Å². The Kier molecular flexibility index (Phi) is 23.6. The van der Waals surface area contributed by atoms with Crippen molar-refractivity contribution in [3.05, 3.63) is 179 Å². The van der Waals surface area contributed by atoms with Crippen molar-refractivity contribution < 1.29 is 54.9 Å². The first-order chi connectivity index (χ1) is 40.1. The number of rotatable bonds is 24. The molecule has 2 atom stereocenters. The minimum absolute atomic E-state index is 0.00486. The quantitative estimate of drug-likeness (QED) is 0.0327. The largest absolute Gasteiger partial charge is 0.463 e. The molecular formula is C66H80F6N6O6. The molecule has 2 saturated heterocycles. The van der Waals surface area contributed by atoms with Gasteiger partial charge in [-0.1, -0.05) is 97.1 Å². The van der Waals surface area contributed by atoms with Gasteiger partial charge in [-0.15, -0.1) is 0 Å². The number of piperazine rings is 2. The summed E-state index contributed by atoms with van der Waals surface area (Å²) >= 11 is 0. The molecule has 4 heterocycles. The van der Waals surface area contributed by atoms with Crippen molar-refractivity contribution in [2.75, 3.05) is 78.9 Å². The van der Waals surface area contributed by atoms with Crippen LogP contribution in [0.1, 0.15) is 87.8 Å². The zero-order valence-corrected chi connectivity index (χ0v) is 49.1. The average molecular weight is 1170 g/mol. The lowest BCUT2D eigenvalue weighted by atomic mass is 9.83. The summed E-state index contributed by atoms with van der Waals surface area (Å²) in [5, 5.41) is 0. The highest BCUT2D eigenvalue weighted by Crippen LogP contribution is 2.42. The first kappa shape index (κ1) is 65.0. The molecule has 0 spiro atoms. The molecule has 452 valence electrons. The Labute approximate surface area is 491 Å². The number of alkyl halides is 6. The van der Waals surface area contributed by atoms with Crippen molar-refractivity contribution in [2.45, 2.75) is 116 Å². The first-order valence-electron chi connectivity index (χ1n) is 28.8. The van der Waals surface area contributed by atoms with Crippen molar-refractivity contribution >= 4 is 11.9 Å². The van der Waals surface area contributed by atoms with Crippen molar-refractivity contribution in [3.8, 4) is 22.3 Å². The normalized spacial score (nSPS) is 16.9. The number of pyridine rings is 2. The van der Waals surface area contributed by atoms with Gasteiger partial charge in [0.15, 0.2) is 0 Å². The summed E-state index contributed by atoms with van der Waals surface area (Å²) < 4.78 is 102. The average Bonchev–Trinajstić information content (AvgIpc) is 3.55. The number of nitrogens with zero attached hydrogens (tertiary/aromatic N) is 6. The number of hydrogen-bond acceptors (Lipinski definition) is 12. The molecule has 8 rings (SSSR count). The van der Waals surface area contributed by atoms with Crippen LogP contribution < -0.4 is 0 Å². The standard InChI is InChI=1S/2C33H40F3N3O3/c2*1-4-41-19-20-42-31(40)21-30-24-38(17-18-39(30)23-26-13-15-37-16-14-26)22-25-5-7-27(8-6-25)28-9-11-29(12-10-28)32(2,3)33(34,35)36/h2*5-16,30H,4,17-24H2,1-3H3/t2*30-/m10/s1. The third-order valence-electron chi connectivity index (χ3n) is 15.9. The van der Waals surface area contributed by atoms with E-state index in [2.05, 4.69) is 53.8 Å². The van der Waals surface area contributed by atoms with Gasteiger partial charge in [0, 0.05) is 116 Å². The van der Waals surface area contributed by atoms with E-state index < -0.39 is 23.2 Å². The van der Waals surface area contributed by atoms with Crippen molar-refractivity contribution in [2.24, 2.45) is 0 Å². The second kappa shape index (κ2) is 30.5. The second-order valence-corrected chi connectivity index (χ2v) is 22.5. The molecular weight excluding hydrogens is 1090 g/mol. The van der Waals surface area contributed by atoms with E-state index in [1.807, 2.05) is 62.4 Å². The summed E-state index contributed by atoms with van der Waals surface area (Å²) in [4.78, 5) is 42.9. The highest BCUT2D eigenvalue weighted by Gasteiger charge is 2.49. The third-order valence-corrected chi connectivity index (χ3v) is 15.9. The number of esters is 2. The molecule has 0 aliphatic carbocycles. The van der Waals surface area contributed by atoms with Gasteiger partial charge in [0.2, 0.25) is 0 Å². The van der Waals surface area contributed by atoms with Crippen LogP contribution in [0.25, 0.3) is 22.3 Å². The van der Waals surface area contributed by atoms with E-state index in [0.717, 1.165) is 110 Å². The molecule has 12 nitrogen and oxygen atoms in total. The van der Waals surface area contributed by atoms with Crippen LogP contribution in [0.5, 0.6) is 0 Å². The van der Waals surface area contributed by atoms with Gasteiger partial charge >= 0.3 is 24.3 Å². The number of hydrogen-bond donors (Lipinski definition) is 0. The minimum Gasteiger partial charge on any atom is -0.463 e. The second-order valence-electron chi connectivity index (χ2n) is 22.5. The molecule has 2 aromatic heterocycles. The number of carbonyl (C=O) groups is 2.